The number of halogens is 1. The molecule has 9 heteroatoms. The van der Waals surface area contributed by atoms with Crippen LogP contribution in [0.2, 0.25) is 0 Å². The van der Waals surface area contributed by atoms with Crippen LogP contribution in [0.1, 0.15) is 18.0 Å². The van der Waals surface area contributed by atoms with E-state index in [1.165, 1.54) is 23.1 Å². The molecule has 1 aromatic carbocycles. The maximum absolute atomic E-state index is 12.7. The van der Waals surface area contributed by atoms with Gasteiger partial charge in [0.1, 0.15) is 16.4 Å². The summed E-state index contributed by atoms with van der Waals surface area (Å²) >= 11 is 6.20. The average Bonchev–Trinajstić information content (AvgIpc) is 3.35. The van der Waals surface area contributed by atoms with Gasteiger partial charge >= 0.3 is 0 Å². The average molecular weight is 490 g/mol. The van der Waals surface area contributed by atoms with Gasteiger partial charge in [-0.25, -0.2) is 4.98 Å². The number of hydrogen-bond donors (Lipinski definition) is 2. The second kappa shape index (κ2) is 8.56. The lowest BCUT2D eigenvalue weighted by molar-refractivity contribution is -0.113. The van der Waals surface area contributed by atoms with Crippen LogP contribution >= 0.6 is 39.0 Å². The van der Waals surface area contributed by atoms with E-state index in [2.05, 4.69) is 31.2 Å². The van der Waals surface area contributed by atoms with Gasteiger partial charge < -0.3 is 14.7 Å². The van der Waals surface area contributed by atoms with E-state index in [1.807, 2.05) is 42.6 Å². The minimum absolute atomic E-state index is 0.111. The van der Waals surface area contributed by atoms with Crippen molar-refractivity contribution in [1.82, 2.24) is 9.97 Å². The predicted octanol–water partition coefficient (Wildman–Crippen LogP) is 5.44. The van der Waals surface area contributed by atoms with Crippen LogP contribution in [0.15, 0.2) is 61.7 Å². The Morgan fingerprint density at radius 3 is 3.00 bits per heavy atom. The Bertz CT molecular complexity index is 1220. The number of aromatic amines is 1. The minimum atomic E-state index is -0.205. The summed E-state index contributed by atoms with van der Waals surface area (Å²) in [6, 6.07) is 11.0. The van der Waals surface area contributed by atoms with Crippen LogP contribution in [0.4, 0.5) is 5.69 Å². The van der Waals surface area contributed by atoms with Gasteiger partial charge in [0.05, 0.1) is 22.7 Å². The van der Waals surface area contributed by atoms with Crippen molar-refractivity contribution in [3.05, 3.63) is 68.7 Å². The number of nitrogens with one attached hydrogen (secondary N) is 2. The van der Waals surface area contributed by atoms with E-state index >= 15 is 0 Å². The summed E-state index contributed by atoms with van der Waals surface area (Å²) in [5.41, 5.74) is 1.27. The van der Waals surface area contributed by atoms with Crippen LogP contribution < -0.4 is 10.9 Å². The van der Waals surface area contributed by atoms with Crippen LogP contribution in [-0.2, 0) is 4.79 Å². The molecule has 0 fully saturated rings. The second-order valence-electron chi connectivity index (χ2n) is 6.27. The molecule has 3 aromatic heterocycles. The van der Waals surface area contributed by atoms with Crippen molar-refractivity contribution in [3.8, 4) is 11.3 Å². The number of thiophene rings is 1. The van der Waals surface area contributed by atoms with Gasteiger partial charge in [-0.1, -0.05) is 22.0 Å². The quantitative estimate of drug-likeness (QED) is 0.376. The van der Waals surface area contributed by atoms with Crippen molar-refractivity contribution in [3.63, 3.8) is 0 Å². The first-order valence-corrected chi connectivity index (χ1v) is 11.5. The number of rotatable bonds is 6. The topological polar surface area (TPSA) is 88.0 Å². The molecule has 3 heterocycles. The zero-order valence-corrected chi connectivity index (χ0v) is 18.5. The number of carbonyl (C=O) groups is 1. The van der Waals surface area contributed by atoms with Gasteiger partial charge in [-0.3, -0.25) is 9.59 Å². The van der Waals surface area contributed by atoms with E-state index in [9.17, 15) is 9.59 Å². The molecule has 0 radical (unpaired) electrons. The molecule has 1 amide bonds. The van der Waals surface area contributed by atoms with Crippen molar-refractivity contribution in [2.75, 3.05) is 11.1 Å². The van der Waals surface area contributed by atoms with Gasteiger partial charge in [-0.2, -0.15) is 0 Å². The van der Waals surface area contributed by atoms with Gasteiger partial charge in [0, 0.05) is 21.1 Å². The third kappa shape index (κ3) is 4.47. The van der Waals surface area contributed by atoms with Crippen LogP contribution in [0.3, 0.4) is 0 Å². The first-order valence-electron chi connectivity index (χ1n) is 8.73. The fourth-order valence-corrected chi connectivity index (χ4v) is 4.89. The molecule has 1 unspecified atom stereocenters. The van der Waals surface area contributed by atoms with E-state index in [0.29, 0.717) is 21.8 Å². The monoisotopic (exact) mass is 489 g/mol. The standard InChI is InChI=1S/C20H16BrN3O3S2/c1-11(28-10-16(25)22-13-5-2-4-12(21)8-13)18-23-19(26)17-14(9-29-20(17)24-18)15-6-3-7-27-15/h2-9,11H,10H2,1H3,(H,22,25)(H,23,24,26). The summed E-state index contributed by atoms with van der Waals surface area (Å²) < 4.78 is 6.31. The molecule has 2 N–H and O–H groups in total. The summed E-state index contributed by atoms with van der Waals surface area (Å²) in [6.07, 6.45) is 1.58. The van der Waals surface area contributed by atoms with Crippen molar-refractivity contribution in [2.45, 2.75) is 12.2 Å². The highest BCUT2D eigenvalue weighted by atomic mass is 79.9. The van der Waals surface area contributed by atoms with Crippen LogP contribution in [-0.4, -0.2) is 21.6 Å². The number of anilines is 1. The SMILES string of the molecule is CC(SCC(=O)Nc1cccc(Br)c1)c1nc2scc(-c3ccco3)c2c(=O)[nH]1. The van der Waals surface area contributed by atoms with E-state index in [-0.39, 0.29) is 22.5 Å². The normalized spacial score (nSPS) is 12.2. The molecule has 1 atom stereocenters. The third-order valence-electron chi connectivity index (χ3n) is 4.21. The number of thioether (sulfide) groups is 1. The number of furan rings is 1. The number of benzene rings is 1. The van der Waals surface area contributed by atoms with Crippen molar-refractivity contribution in [1.29, 1.82) is 0 Å². The molecule has 0 aliphatic heterocycles. The lowest BCUT2D eigenvalue weighted by Gasteiger charge is -2.11. The zero-order valence-electron chi connectivity index (χ0n) is 15.3. The van der Waals surface area contributed by atoms with Gasteiger partial charge in [-0.05, 0) is 37.3 Å². The summed E-state index contributed by atoms with van der Waals surface area (Å²) in [7, 11) is 0. The molecular formula is C20H16BrN3O3S2. The Kier molecular flexibility index (Phi) is 5.89. The predicted molar refractivity (Wildman–Crippen MR) is 122 cm³/mol. The highest BCUT2D eigenvalue weighted by molar-refractivity contribution is 9.10. The van der Waals surface area contributed by atoms with Crippen molar-refractivity contribution >= 4 is 60.8 Å². The van der Waals surface area contributed by atoms with Crippen LogP contribution in [0, 0.1) is 0 Å². The minimum Gasteiger partial charge on any atom is -0.464 e. The Morgan fingerprint density at radius 1 is 1.38 bits per heavy atom. The molecular weight excluding hydrogens is 474 g/mol. The van der Waals surface area contributed by atoms with Crippen LogP contribution in [0.5, 0.6) is 0 Å². The number of carbonyl (C=O) groups excluding carboxylic acids is 1. The number of fused-ring (bicyclic) bond motifs is 1. The van der Waals surface area contributed by atoms with E-state index in [1.54, 1.807) is 12.3 Å². The lowest BCUT2D eigenvalue weighted by Crippen LogP contribution is -2.16. The molecule has 0 saturated carbocycles. The Hall–Kier alpha value is -2.36. The van der Waals surface area contributed by atoms with Gasteiger partial charge in [-0.15, -0.1) is 23.1 Å². The molecule has 0 aliphatic carbocycles. The van der Waals surface area contributed by atoms with Crippen molar-refractivity contribution in [2.24, 2.45) is 0 Å². The summed E-state index contributed by atoms with van der Waals surface area (Å²) in [6.45, 7) is 1.92. The molecule has 0 bridgehead atoms. The first kappa shape index (κ1) is 19.9. The zero-order chi connectivity index (χ0) is 20.4. The largest absolute Gasteiger partial charge is 0.464 e. The molecule has 0 aliphatic rings. The van der Waals surface area contributed by atoms with E-state index < -0.39 is 0 Å². The number of H-pyrrole nitrogens is 1. The highest BCUT2D eigenvalue weighted by Gasteiger charge is 2.18. The van der Waals surface area contributed by atoms with Gasteiger partial charge in [0.15, 0.2) is 0 Å². The van der Waals surface area contributed by atoms with Crippen LogP contribution in [0.25, 0.3) is 21.5 Å². The first-order chi connectivity index (χ1) is 14.0. The Balaban J connectivity index is 1.47. The fraction of sp³-hybridized carbons (Fsp3) is 0.150. The fourth-order valence-electron chi connectivity index (χ4n) is 2.81. The maximum Gasteiger partial charge on any atom is 0.260 e. The Labute approximate surface area is 182 Å². The molecule has 4 aromatic rings. The smallest absolute Gasteiger partial charge is 0.260 e. The molecule has 6 nitrogen and oxygen atoms in total. The lowest BCUT2D eigenvalue weighted by atomic mass is 10.2. The maximum atomic E-state index is 12.7. The number of aromatic nitrogens is 2. The molecule has 4 rings (SSSR count). The summed E-state index contributed by atoms with van der Waals surface area (Å²) in [5, 5.41) is 5.12. The molecule has 29 heavy (non-hydrogen) atoms. The number of hydrogen-bond acceptors (Lipinski definition) is 6. The number of nitrogens with zero attached hydrogens (tertiary/aromatic N) is 1. The molecule has 0 saturated heterocycles. The van der Waals surface area contributed by atoms with Crippen molar-refractivity contribution < 1.29 is 9.21 Å². The molecule has 0 spiro atoms. The Morgan fingerprint density at radius 2 is 2.24 bits per heavy atom. The van der Waals surface area contributed by atoms with Gasteiger partial charge in [0.2, 0.25) is 5.91 Å². The number of amides is 1. The molecule has 148 valence electrons. The summed E-state index contributed by atoms with van der Waals surface area (Å²) in [4.78, 5) is 33.0. The summed E-state index contributed by atoms with van der Waals surface area (Å²) in [5.74, 6) is 1.33. The second-order valence-corrected chi connectivity index (χ2v) is 9.37. The van der Waals surface area contributed by atoms with E-state index in [4.69, 9.17) is 4.42 Å². The third-order valence-corrected chi connectivity index (χ3v) is 6.72. The highest BCUT2D eigenvalue weighted by Crippen LogP contribution is 2.33. The van der Waals surface area contributed by atoms with E-state index in [0.717, 1.165) is 15.7 Å². The van der Waals surface area contributed by atoms with Gasteiger partial charge in [0.25, 0.3) is 5.56 Å².